The average molecular weight is 502 g/mol. The molecule has 0 aromatic rings. The minimum atomic E-state index is -1.46. The lowest BCUT2D eigenvalue weighted by atomic mass is 9.99. The fraction of sp³-hybridized carbons (Fsp3) is 0.893. The molecule has 1 aliphatic heterocycles. The second-order valence-corrected chi connectivity index (χ2v) is 9.58. The van der Waals surface area contributed by atoms with E-state index in [1.165, 1.54) is 38.5 Å². The van der Waals surface area contributed by atoms with Gasteiger partial charge in [-0.1, -0.05) is 83.8 Å². The van der Waals surface area contributed by atoms with E-state index in [-0.39, 0.29) is 13.0 Å². The summed E-state index contributed by atoms with van der Waals surface area (Å²) in [6.07, 6.45) is 13.2. The van der Waals surface area contributed by atoms with Gasteiger partial charge in [0.1, 0.15) is 31.0 Å². The summed E-state index contributed by atoms with van der Waals surface area (Å²) in [7, 11) is 0. The van der Waals surface area contributed by atoms with Crippen molar-refractivity contribution >= 4 is 5.97 Å². The van der Waals surface area contributed by atoms with Crippen LogP contribution in [0.25, 0.3) is 0 Å². The van der Waals surface area contributed by atoms with E-state index < -0.39 is 43.1 Å². The first-order valence-electron chi connectivity index (χ1n) is 14.5. The van der Waals surface area contributed by atoms with Gasteiger partial charge < -0.3 is 29.5 Å². The zero-order valence-corrected chi connectivity index (χ0v) is 22.1. The van der Waals surface area contributed by atoms with E-state index in [2.05, 4.69) is 19.1 Å². The molecule has 3 N–H and O–H groups in total. The molecule has 0 bridgehead atoms. The highest BCUT2D eigenvalue weighted by atomic mass is 16.7. The SMILES string of the molecule is [2H]C(CCCCC/C=C\CCCCCCCC)CC(=O)OC[C@H]1OC(OCCCC)[C@H](O)[C@@H](O)[C@H]1O. The van der Waals surface area contributed by atoms with E-state index in [1.807, 2.05) is 6.92 Å². The van der Waals surface area contributed by atoms with E-state index in [1.54, 1.807) is 0 Å². The van der Waals surface area contributed by atoms with Crippen molar-refractivity contribution in [2.75, 3.05) is 13.2 Å². The summed E-state index contributed by atoms with van der Waals surface area (Å²) in [6.45, 7) is 4.32. The second kappa shape index (κ2) is 21.1. The fourth-order valence-corrected chi connectivity index (χ4v) is 4.00. The van der Waals surface area contributed by atoms with Gasteiger partial charge in [-0.15, -0.1) is 0 Å². The Morgan fingerprint density at radius 3 is 2.09 bits per heavy atom. The van der Waals surface area contributed by atoms with Crippen molar-refractivity contribution in [2.45, 2.75) is 147 Å². The third-order valence-corrected chi connectivity index (χ3v) is 6.34. The topological polar surface area (TPSA) is 105 Å². The molecule has 206 valence electrons. The first-order chi connectivity index (χ1) is 17.4. The third-order valence-electron chi connectivity index (χ3n) is 6.34. The molecular weight excluding hydrogens is 448 g/mol. The van der Waals surface area contributed by atoms with E-state index in [4.69, 9.17) is 15.6 Å². The number of unbranched alkanes of at least 4 members (excludes halogenated alkanes) is 10. The van der Waals surface area contributed by atoms with Crippen molar-refractivity contribution in [2.24, 2.45) is 0 Å². The van der Waals surface area contributed by atoms with Crippen molar-refractivity contribution in [3.8, 4) is 0 Å². The van der Waals surface area contributed by atoms with Gasteiger partial charge in [0, 0.05) is 14.4 Å². The Morgan fingerprint density at radius 1 is 0.829 bits per heavy atom. The Kier molecular flexibility index (Phi) is 18.3. The number of hydrogen-bond acceptors (Lipinski definition) is 7. The van der Waals surface area contributed by atoms with Crippen molar-refractivity contribution < 1.29 is 35.7 Å². The van der Waals surface area contributed by atoms with E-state index in [0.717, 1.165) is 44.9 Å². The van der Waals surface area contributed by atoms with Crippen LogP contribution < -0.4 is 0 Å². The monoisotopic (exact) mass is 501 g/mol. The summed E-state index contributed by atoms with van der Waals surface area (Å²) in [5, 5.41) is 30.3. The van der Waals surface area contributed by atoms with Gasteiger partial charge in [0.25, 0.3) is 0 Å². The summed E-state index contributed by atoms with van der Waals surface area (Å²) >= 11 is 0. The molecule has 1 heterocycles. The van der Waals surface area contributed by atoms with Gasteiger partial charge in [0.05, 0.1) is 0 Å². The Balaban J connectivity index is 2.13. The highest BCUT2D eigenvalue weighted by Crippen LogP contribution is 2.23. The van der Waals surface area contributed by atoms with Crippen molar-refractivity contribution in [3.05, 3.63) is 12.2 Å². The summed E-state index contributed by atoms with van der Waals surface area (Å²) in [5.41, 5.74) is 0. The van der Waals surface area contributed by atoms with Crippen molar-refractivity contribution in [1.29, 1.82) is 0 Å². The first-order valence-corrected chi connectivity index (χ1v) is 13.9. The van der Waals surface area contributed by atoms with Gasteiger partial charge in [-0.25, -0.2) is 0 Å². The minimum absolute atomic E-state index is 0.0252. The highest BCUT2D eigenvalue weighted by Gasteiger charge is 2.44. The van der Waals surface area contributed by atoms with E-state index in [0.29, 0.717) is 13.0 Å². The van der Waals surface area contributed by atoms with Gasteiger partial charge in [-0.05, 0) is 38.5 Å². The van der Waals surface area contributed by atoms with Gasteiger partial charge in [0.2, 0.25) is 0 Å². The van der Waals surface area contributed by atoms with Crippen LogP contribution in [-0.4, -0.2) is 65.2 Å². The molecule has 7 nitrogen and oxygen atoms in total. The number of rotatable bonds is 21. The average Bonchev–Trinajstić information content (AvgIpc) is 2.86. The number of hydrogen-bond donors (Lipinski definition) is 3. The molecule has 35 heavy (non-hydrogen) atoms. The standard InChI is InChI=1S/C28H52O7/c1-3-5-7-8-9-10-11-12-13-14-15-16-17-18-19-20-24(29)34-22-23-25(30)26(31)27(32)28(35-23)33-21-6-4-2/h12-13,23,25-28,30-32H,3-11,14-22H2,1-2H3/b13-12-/t23-,25+,26+,27-,28?/m1/s1/i19D/t19?,23-,25+,26+,27-,28?. The minimum Gasteiger partial charge on any atom is -0.463 e. The van der Waals surface area contributed by atoms with Crippen LogP contribution in [-0.2, 0) is 19.0 Å². The number of carbonyl (C=O) groups is 1. The number of allylic oxidation sites excluding steroid dienone is 2. The van der Waals surface area contributed by atoms with Crippen LogP contribution in [0.3, 0.4) is 0 Å². The zero-order chi connectivity index (χ0) is 26.6. The largest absolute Gasteiger partial charge is 0.463 e. The molecule has 0 amide bonds. The maximum atomic E-state index is 12.1. The second-order valence-electron chi connectivity index (χ2n) is 9.58. The van der Waals surface area contributed by atoms with Crippen LogP contribution in [0.4, 0.5) is 0 Å². The smallest absolute Gasteiger partial charge is 0.305 e. The van der Waals surface area contributed by atoms with Crippen LogP contribution in [0.2, 0.25) is 0 Å². The lowest BCUT2D eigenvalue weighted by Gasteiger charge is -2.39. The number of ether oxygens (including phenoxy) is 3. The molecule has 7 heteroatoms. The maximum Gasteiger partial charge on any atom is 0.305 e. The summed E-state index contributed by atoms with van der Waals surface area (Å²) in [6, 6.07) is 0. The highest BCUT2D eigenvalue weighted by molar-refractivity contribution is 5.69. The van der Waals surface area contributed by atoms with Crippen molar-refractivity contribution in [1.82, 2.24) is 0 Å². The lowest BCUT2D eigenvalue weighted by molar-refractivity contribution is -0.301. The quantitative estimate of drug-likeness (QED) is 0.113. The third kappa shape index (κ3) is 15.0. The lowest BCUT2D eigenvalue weighted by Crippen LogP contribution is -2.59. The van der Waals surface area contributed by atoms with Gasteiger partial charge >= 0.3 is 5.97 Å². The molecule has 0 aromatic carbocycles. The Labute approximate surface area is 214 Å². The molecule has 0 radical (unpaired) electrons. The molecule has 0 aliphatic carbocycles. The molecule has 1 aliphatic rings. The predicted molar refractivity (Wildman–Crippen MR) is 138 cm³/mol. The molecular formula is C28H52O7. The molecule has 1 rings (SSSR count). The van der Waals surface area contributed by atoms with Crippen LogP contribution in [0, 0.1) is 0 Å². The van der Waals surface area contributed by atoms with Crippen LogP contribution >= 0.6 is 0 Å². The predicted octanol–water partition coefficient (Wildman–Crippen LogP) is 5.19. The number of esters is 1. The van der Waals surface area contributed by atoms with Gasteiger partial charge in [0.15, 0.2) is 6.29 Å². The number of aliphatic hydroxyl groups excluding tert-OH is 3. The normalized spacial score (nSPS) is 26.1. The van der Waals surface area contributed by atoms with Crippen LogP contribution in [0.5, 0.6) is 0 Å². The Bertz CT molecular complexity index is 574. The summed E-state index contributed by atoms with van der Waals surface area (Å²) in [4.78, 5) is 12.1. The Hall–Kier alpha value is -0.990. The summed E-state index contributed by atoms with van der Waals surface area (Å²) < 4.78 is 24.3. The zero-order valence-electron chi connectivity index (χ0n) is 23.1. The van der Waals surface area contributed by atoms with E-state index >= 15 is 0 Å². The van der Waals surface area contributed by atoms with Gasteiger partial charge in [-0.2, -0.15) is 0 Å². The van der Waals surface area contributed by atoms with Crippen molar-refractivity contribution in [3.63, 3.8) is 0 Å². The first kappa shape index (κ1) is 30.2. The molecule has 0 spiro atoms. The number of aliphatic hydroxyl groups is 3. The molecule has 1 fully saturated rings. The molecule has 2 unspecified atom stereocenters. The van der Waals surface area contributed by atoms with Gasteiger partial charge in [-0.3, -0.25) is 4.79 Å². The molecule has 6 atom stereocenters. The fourth-order valence-electron chi connectivity index (χ4n) is 4.00. The van der Waals surface area contributed by atoms with E-state index in [9.17, 15) is 20.1 Å². The molecule has 0 aromatic heterocycles. The molecule has 0 saturated carbocycles. The maximum absolute atomic E-state index is 12.1. The summed E-state index contributed by atoms with van der Waals surface area (Å²) in [5.74, 6) is -0.535. The van der Waals surface area contributed by atoms with Crippen LogP contribution in [0.1, 0.15) is 118 Å². The van der Waals surface area contributed by atoms with Crippen LogP contribution in [0.15, 0.2) is 12.2 Å². The number of carbonyl (C=O) groups excluding carboxylic acids is 1. The molecule has 1 saturated heterocycles. The Morgan fingerprint density at radius 2 is 1.43 bits per heavy atom.